The molecule has 0 fully saturated rings. The molecule has 2 N–H and O–H groups in total. The number of aryl methyl sites for hydroxylation is 1. The van der Waals surface area contributed by atoms with E-state index in [1.54, 1.807) is 0 Å². The van der Waals surface area contributed by atoms with Crippen molar-refractivity contribution in [1.29, 1.82) is 0 Å². The van der Waals surface area contributed by atoms with Gasteiger partial charge in [-0.05, 0) is 24.8 Å². The fraction of sp³-hybridized carbons (Fsp3) is 0.600. The summed E-state index contributed by atoms with van der Waals surface area (Å²) in [5, 5.41) is 13.1. The van der Waals surface area contributed by atoms with Crippen LogP contribution in [0.3, 0.4) is 0 Å². The highest BCUT2D eigenvalue weighted by atomic mass is 16.5. The summed E-state index contributed by atoms with van der Waals surface area (Å²) in [6, 6.07) is 5.81. The van der Waals surface area contributed by atoms with Crippen LogP contribution in [0.4, 0.5) is 0 Å². The third-order valence-corrected chi connectivity index (χ3v) is 2.90. The molecule has 1 aromatic carbocycles. The second-order valence-electron chi connectivity index (χ2n) is 5.05. The van der Waals surface area contributed by atoms with Gasteiger partial charge in [0.15, 0.2) is 0 Å². The van der Waals surface area contributed by atoms with Crippen LogP contribution in [0.5, 0.6) is 5.75 Å². The van der Waals surface area contributed by atoms with Gasteiger partial charge in [-0.3, -0.25) is 0 Å². The maximum atomic E-state index is 9.83. The first-order valence-corrected chi connectivity index (χ1v) is 6.67. The van der Waals surface area contributed by atoms with E-state index >= 15 is 0 Å². The molecule has 0 spiro atoms. The Morgan fingerprint density at radius 1 is 1.28 bits per heavy atom. The van der Waals surface area contributed by atoms with Crippen molar-refractivity contribution < 1.29 is 9.84 Å². The number of phenolic OH excluding ortho intramolecular Hbond substituents is 1. The van der Waals surface area contributed by atoms with Crippen molar-refractivity contribution in [2.45, 2.75) is 33.7 Å². The van der Waals surface area contributed by atoms with Crippen LogP contribution in [0.2, 0.25) is 0 Å². The molecule has 0 heterocycles. The Morgan fingerprint density at radius 3 is 2.78 bits per heavy atom. The van der Waals surface area contributed by atoms with Crippen molar-refractivity contribution in [3.8, 4) is 5.75 Å². The zero-order valence-electron chi connectivity index (χ0n) is 11.7. The van der Waals surface area contributed by atoms with Crippen LogP contribution in [0.25, 0.3) is 0 Å². The monoisotopic (exact) mass is 251 g/mol. The van der Waals surface area contributed by atoms with Crippen LogP contribution in [-0.4, -0.2) is 24.9 Å². The summed E-state index contributed by atoms with van der Waals surface area (Å²) < 4.78 is 5.51. The lowest BCUT2D eigenvalue weighted by Crippen LogP contribution is -2.19. The molecule has 0 bridgehead atoms. The molecule has 1 aromatic rings. The van der Waals surface area contributed by atoms with Crippen molar-refractivity contribution in [3.63, 3.8) is 0 Å². The van der Waals surface area contributed by atoms with Gasteiger partial charge in [0, 0.05) is 25.3 Å². The molecule has 0 atom stereocenters. The van der Waals surface area contributed by atoms with Crippen molar-refractivity contribution >= 4 is 0 Å². The molecule has 1 rings (SSSR count). The van der Waals surface area contributed by atoms with Crippen LogP contribution in [-0.2, 0) is 11.3 Å². The summed E-state index contributed by atoms with van der Waals surface area (Å²) in [6.07, 6.45) is 1.11. The predicted molar refractivity (Wildman–Crippen MR) is 74.8 cm³/mol. The van der Waals surface area contributed by atoms with Gasteiger partial charge in [-0.15, -0.1) is 0 Å². The number of nitrogens with one attached hydrogen (secondary N) is 1. The first-order chi connectivity index (χ1) is 8.61. The standard InChI is InChI=1S/C15H25NO2/c1-12(2)7-9-18-10-8-16-11-14-6-4-5-13(3)15(14)17/h4-6,12,16-17H,7-11H2,1-3H3. The van der Waals surface area contributed by atoms with E-state index in [-0.39, 0.29) is 0 Å². The molecular formula is C15H25NO2. The molecule has 0 radical (unpaired) electrons. The molecule has 102 valence electrons. The minimum Gasteiger partial charge on any atom is -0.507 e. The number of aromatic hydroxyl groups is 1. The molecule has 3 nitrogen and oxygen atoms in total. The van der Waals surface area contributed by atoms with Gasteiger partial charge < -0.3 is 15.2 Å². The average Bonchev–Trinajstić information content (AvgIpc) is 2.32. The summed E-state index contributed by atoms with van der Waals surface area (Å²) in [5.41, 5.74) is 1.86. The van der Waals surface area contributed by atoms with E-state index in [4.69, 9.17) is 4.74 Å². The number of para-hydroxylation sites is 1. The summed E-state index contributed by atoms with van der Waals surface area (Å²) in [7, 11) is 0. The molecule has 0 unspecified atom stereocenters. The van der Waals surface area contributed by atoms with Gasteiger partial charge in [-0.2, -0.15) is 0 Å². The third kappa shape index (κ3) is 5.52. The van der Waals surface area contributed by atoms with Gasteiger partial charge in [0.1, 0.15) is 5.75 Å². The average molecular weight is 251 g/mol. The molecule has 0 aromatic heterocycles. The van der Waals surface area contributed by atoms with Crippen LogP contribution < -0.4 is 5.32 Å². The predicted octanol–water partition coefficient (Wildman–Crippen LogP) is 2.85. The molecular weight excluding hydrogens is 226 g/mol. The molecule has 0 aliphatic carbocycles. The number of hydrogen-bond acceptors (Lipinski definition) is 3. The van der Waals surface area contributed by atoms with Gasteiger partial charge in [-0.25, -0.2) is 0 Å². The summed E-state index contributed by atoms with van der Waals surface area (Å²) in [4.78, 5) is 0. The van der Waals surface area contributed by atoms with Crippen molar-refractivity contribution in [2.24, 2.45) is 5.92 Å². The Balaban J connectivity index is 2.13. The fourth-order valence-corrected chi connectivity index (χ4v) is 1.65. The highest BCUT2D eigenvalue weighted by Gasteiger charge is 2.02. The van der Waals surface area contributed by atoms with Crippen LogP contribution in [0, 0.1) is 12.8 Å². The van der Waals surface area contributed by atoms with E-state index in [1.807, 2.05) is 25.1 Å². The Kier molecular flexibility index (Phi) is 6.76. The van der Waals surface area contributed by atoms with Crippen molar-refractivity contribution in [1.82, 2.24) is 5.32 Å². The Labute approximate surface area is 110 Å². The van der Waals surface area contributed by atoms with Crippen LogP contribution in [0.1, 0.15) is 31.4 Å². The molecule has 0 saturated heterocycles. The van der Waals surface area contributed by atoms with Gasteiger partial charge in [0.2, 0.25) is 0 Å². The number of ether oxygens (including phenoxy) is 1. The summed E-state index contributed by atoms with van der Waals surface area (Å²) in [5.74, 6) is 1.09. The second-order valence-corrected chi connectivity index (χ2v) is 5.05. The van der Waals surface area contributed by atoms with Gasteiger partial charge in [-0.1, -0.05) is 32.0 Å². The van der Waals surface area contributed by atoms with Crippen molar-refractivity contribution in [2.75, 3.05) is 19.8 Å². The molecule has 0 amide bonds. The van der Waals surface area contributed by atoms with E-state index in [1.165, 1.54) is 0 Å². The van der Waals surface area contributed by atoms with Crippen molar-refractivity contribution in [3.05, 3.63) is 29.3 Å². The Morgan fingerprint density at radius 2 is 2.06 bits per heavy atom. The van der Waals surface area contributed by atoms with Crippen LogP contribution in [0.15, 0.2) is 18.2 Å². The first kappa shape index (κ1) is 15.0. The molecule has 0 aliphatic rings. The zero-order valence-corrected chi connectivity index (χ0v) is 11.7. The molecule has 0 aliphatic heterocycles. The van der Waals surface area contributed by atoms with E-state index in [2.05, 4.69) is 19.2 Å². The number of phenols is 1. The van der Waals surface area contributed by atoms with Gasteiger partial charge in [0.05, 0.1) is 6.61 Å². The smallest absolute Gasteiger partial charge is 0.122 e. The van der Waals surface area contributed by atoms with E-state index in [0.29, 0.717) is 18.2 Å². The fourth-order valence-electron chi connectivity index (χ4n) is 1.65. The molecule has 18 heavy (non-hydrogen) atoms. The first-order valence-electron chi connectivity index (χ1n) is 6.67. The molecule has 0 saturated carbocycles. The number of hydrogen-bond donors (Lipinski definition) is 2. The Hall–Kier alpha value is -1.06. The topological polar surface area (TPSA) is 41.5 Å². The lowest BCUT2D eigenvalue weighted by Gasteiger charge is -2.09. The minimum absolute atomic E-state index is 0.394. The third-order valence-electron chi connectivity index (χ3n) is 2.90. The summed E-state index contributed by atoms with van der Waals surface area (Å²) >= 11 is 0. The quantitative estimate of drug-likeness (QED) is 0.698. The Bertz CT molecular complexity index is 350. The van der Waals surface area contributed by atoms with Gasteiger partial charge >= 0.3 is 0 Å². The maximum Gasteiger partial charge on any atom is 0.122 e. The van der Waals surface area contributed by atoms with Gasteiger partial charge in [0.25, 0.3) is 0 Å². The zero-order chi connectivity index (χ0) is 13.4. The molecule has 3 heteroatoms. The highest BCUT2D eigenvalue weighted by molar-refractivity contribution is 5.39. The maximum absolute atomic E-state index is 9.83. The number of benzene rings is 1. The SMILES string of the molecule is Cc1cccc(CNCCOCCC(C)C)c1O. The normalized spacial score (nSPS) is 11.1. The second kappa shape index (κ2) is 8.11. The van der Waals surface area contributed by atoms with Crippen LogP contribution >= 0.6 is 0 Å². The van der Waals surface area contributed by atoms with E-state index in [0.717, 1.165) is 37.3 Å². The summed E-state index contributed by atoms with van der Waals surface area (Å²) in [6.45, 7) is 9.35. The number of rotatable bonds is 8. The lowest BCUT2D eigenvalue weighted by molar-refractivity contribution is 0.125. The lowest BCUT2D eigenvalue weighted by atomic mass is 10.1. The minimum atomic E-state index is 0.394. The van der Waals surface area contributed by atoms with E-state index < -0.39 is 0 Å². The highest BCUT2D eigenvalue weighted by Crippen LogP contribution is 2.20. The largest absolute Gasteiger partial charge is 0.507 e. The van der Waals surface area contributed by atoms with E-state index in [9.17, 15) is 5.11 Å².